The van der Waals surface area contributed by atoms with Gasteiger partial charge in [-0.15, -0.1) is 0 Å². The van der Waals surface area contributed by atoms with Gasteiger partial charge < -0.3 is 4.74 Å². The summed E-state index contributed by atoms with van der Waals surface area (Å²) in [6.07, 6.45) is 1.86. The largest absolute Gasteiger partial charge is 0.454 e. The Morgan fingerprint density at radius 1 is 0.750 bits per heavy atom. The van der Waals surface area contributed by atoms with Gasteiger partial charge >= 0.3 is 5.97 Å². The summed E-state index contributed by atoms with van der Waals surface area (Å²) in [5.74, 6) is -1.01. The monoisotopic (exact) mass is 479 g/mol. The van der Waals surface area contributed by atoms with Gasteiger partial charge in [0.05, 0.1) is 23.1 Å². The van der Waals surface area contributed by atoms with E-state index in [1.54, 1.807) is 42.5 Å². The van der Waals surface area contributed by atoms with Gasteiger partial charge in [-0.1, -0.05) is 60.7 Å². The second-order valence-corrected chi connectivity index (χ2v) is 9.89. The molecule has 3 fully saturated rings. The van der Waals surface area contributed by atoms with E-state index >= 15 is 0 Å². The zero-order valence-corrected chi connectivity index (χ0v) is 19.6. The number of carbonyl (C=O) groups is 4. The molecule has 1 saturated heterocycles. The lowest BCUT2D eigenvalue weighted by molar-refractivity contribution is -0.123. The van der Waals surface area contributed by atoms with Crippen molar-refractivity contribution in [2.24, 2.45) is 23.7 Å². The van der Waals surface area contributed by atoms with E-state index in [1.807, 2.05) is 18.2 Å². The zero-order valence-electron chi connectivity index (χ0n) is 19.6. The van der Waals surface area contributed by atoms with Crippen LogP contribution in [0.15, 0.2) is 84.9 Å². The molecule has 2 saturated carbocycles. The lowest BCUT2D eigenvalue weighted by Crippen LogP contribution is -2.33. The molecule has 6 rings (SSSR count). The summed E-state index contributed by atoms with van der Waals surface area (Å²) >= 11 is 0. The molecule has 6 nitrogen and oxygen atoms in total. The van der Waals surface area contributed by atoms with E-state index in [1.165, 1.54) is 22.6 Å². The Kier molecular flexibility index (Phi) is 5.52. The molecule has 0 aromatic heterocycles. The number of ketones is 1. The number of fused-ring (bicyclic) bond motifs is 5. The predicted octanol–water partition coefficient (Wildman–Crippen LogP) is 4.66. The first kappa shape index (κ1) is 22.4. The second-order valence-electron chi connectivity index (χ2n) is 9.89. The van der Waals surface area contributed by atoms with E-state index < -0.39 is 5.97 Å². The van der Waals surface area contributed by atoms with Crippen LogP contribution in [0.1, 0.15) is 45.0 Å². The third kappa shape index (κ3) is 3.65. The quantitative estimate of drug-likeness (QED) is 0.292. The molecule has 180 valence electrons. The molecule has 0 N–H and O–H groups in total. The molecule has 5 atom stereocenters. The topological polar surface area (TPSA) is 80.8 Å². The number of hydrogen-bond acceptors (Lipinski definition) is 5. The van der Waals surface area contributed by atoms with Gasteiger partial charge in [0.15, 0.2) is 12.4 Å². The molecule has 2 bridgehead atoms. The highest BCUT2D eigenvalue weighted by Crippen LogP contribution is 2.61. The summed E-state index contributed by atoms with van der Waals surface area (Å²) in [4.78, 5) is 52.7. The van der Waals surface area contributed by atoms with Gasteiger partial charge in [-0.05, 0) is 60.4 Å². The van der Waals surface area contributed by atoms with E-state index in [0.29, 0.717) is 17.2 Å². The first-order chi connectivity index (χ1) is 17.5. The summed E-state index contributed by atoms with van der Waals surface area (Å²) in [5, 5.41) is 0. The van der Waals surface area contributed by atoms with Crippen LogP contribution >= 0.6 is 0 Å². The Morgan fingerprint density at radius 3 is 2.08 bits per heavy atom. The highest BCUT2D eigenvalue weighted by molar-refractivity contribution is 6.22. The molecular formula is C30H25NO5. The molecule has 6 heteroatoms. The second kappa shape index (κ2) is 8.86. The van der Waals surface area contributed by atoms with E-state index in [9.17, 15) is 19.2 Å². The Balaban J connectivity index is 1.14. The number of benzene rings is 3. The number of carbonyl (C=O) groups excluding carboxylic acids is 4. The Hall–Kier alpha value is -4.06. The average molecular weight is 480 g/mol. The fraction of sp³-hybridized carbons (Fsp3) is 0.267. The van der Waals surface area contributed by atoms with E-state index in [4.69, 9.17) is 4.74 Å². The van der Waals surface area contributed by atoms with Crippen molar-refractivity contribution in [3.63, 3.8) is 0 Å². The highest BCUT2D eigenvalue weighted by Gasteiger charge is 2.64. The van der Waals surface area contributed by atoms with Crippen molar-refractivity contribution in [1.29, 1.82) is 0 Å². The van der Waals surface area contributed by atoms with Crippen molar-refractivity contribution in [2.45, 2.75) is 18.8 Å². The predicted molar refractivity (Wildman–Crippen MR) is 132 cm³/mol. The molecule has 3 aromatic carbocycles. The Morgan fingerprint density at radius 2 is 1.39 bits per heavy atom. The van der Waals surface area contributed by atoms with Gasteiger partial charge in [0.2, 0.25) is 11.8 Å². The summed E-state index contributed by atoms with van der Waals surface area (Å²) in [6.45, 7) is -0.359. The number of anilines is 1. The van der Waals surface area contributed by atoms with E-state index in [2.05, 4.69) is 12.1 Å². The summed E-state index contributed by atoms with van der Waals surface area (Å²) < 4.78 is 5.17. The molecular weight excluding hydrogens is 454 g/mol. The molecule has 2 amide bonds. The van der Waals surface area contributed by atoms with Gasteiger partial charge in [-0.25, -0.2) is 4.79 Å². The smallest absolute Gasteiger partial charge is 0.338 e. The maximum absolute atomic E-state index is 13.5. The van der Waals surface area contributed by atoms with Crippen LogP contribution in [-0.2, 0) is 14.3 Å². The van der Waals surface area contributed by atoms with Crippen LogP contribution in [0.5, 0.6) is 0 Å². The third-order valence-corrected chi connectivity index (χ3v) is 8.03. The number of ether oxygens (including phenoxy) is 1. The highest BCUT2D eigenvalue weighted by atomic mass is 16.5. The summed E-state index contributed by atoms with van der Waals surface area (Å²) in [5.41, 5.74) is 2.44. The molecule has 1 heterocycles. The lowest BCUT2D eigenvalue weighted by Gasteiger charge is -2.28. The van der Waals surface area contributed by atoms with Gasteiger partial charge in [0.1, 0.15) is 0 Å². The number of imide groups is 1. The number of nitrogens with zero attached hydrogens (tertiary/aromatic N) is 1. The zero-order chi connectivity index (χ0) is 24.8. The first-order valence-corrected chi connectivity index (χ1v) is 12.3. The molecule has 2 aliphatic carbocycles. The fourth-order valence-corrected chi connectivity index (χ4v) is 6.47. The minimum Gasteiger partial charge on any atom is -0.454 e. The van der Waals surface area contributed by atoms with Gasteiger partial charge in [-0.3, -0.25) is 19.3 Å². The number of hydrogen-bond donors (Lipinski definition) is 0. The Labute approximate surface area is 208 Å². The summed E-state index contributed by atoms with van der Waals surface area (Å²) in [6, 6.07) is 25.2. The minimum atomic E-state index is -0.634. The van der Waals surface area contributed by atoms with Crippen molar-refractivity contribution in [2.75, 3.05) is 11.5 Å². The molecule has 0 unspecified atom stereocenters. The van der Waals surface area contributed by atoms with E-state index in [-0.39, 0.29) is 53.4 Å². The molecule has 0 spiro atoms. The Bertz CT molecular complexity index is 1330. The molecule has 1 aliphatic heterocycles. The SMILES string of the molecule is O=C(COC(=O)c1ccc(N2C(=O)[C@@H]3[C@@H]4C[C@H]([C@H]3C2=O)[C@@H](c2ccccc2)C4)cc1)c1ccccc1. The molecule has 0 radical (unpaired) electrons. The van der Waals surface area contributed by atoms with Crippen LogP contribution in [0.4, 0.5) is 5.69 Å². The van der Waals surface area contributed by atoms with Crippen LogP contribution < -0.4 is 4.90 Å². The number of Topliss-reactive ketones (excluding diaryl/α,β-unsaturated/α-hetero) is 1. The standard InChI is InChI=1S/C30H25NO5/c32-25(19-9-5-2-6-10-19)17-36-30(35)20-11-13-22(14-12-20)31-28(33)26-21-15-23(18-7-3-1-4-8-18)24(16-21)27(26)29(31)34/h1-14,21,23-24,26-27H,15-17H2/t21-,23+,24-,26+,27+/m0/s1. The van der Waals surface area contributed by atoms with Crippen molar-refractivity contribution in [3.8, 4) is 0 Å². The van der Waals surface area contributed by atoms with Gasteiger partial charge in [0, 0.05) is 5.56 Å². The molecule has 36 heavy (non-hydrogen) atoms. The van der Waals surface area contributed by atoms with Gasteiger partial charge in [-0.2, -0.15) is 0 Å². The van der Waals surface area contributed by atoms with Crippen molar-refractivity contribution < 1.29 is 23.9 Å². The maximum Gasteiger partial charge on any atom is 0.338 e. The van der Waals surface area contributed by atoms with Crippen molar-refractivity contribution in [1.82, 2.24) is 0 Å². The third-order valence-electron chi connectivity index (χ3n) is 8.03. The summed E-state index contributed by atoms with van der Waals surface area (Å²) in [7, 11) is 0. The van der Waals surface area contributed by atoms with Crippen LogP contribution in [0.3, 0.4) is 0 Å². The van der Waals surface area contributed by atoms with Crippen LogP contribution in [0, 0.1) is 23.7 Å². The van der Waals surface area contributed by atoms with Crippen LogP contribution in [0.2, 0.25) is 0 Å². The van der Waals surface area contributed by atoms with Gasteiger partial charge in [0.25, 0.3) is 0 Å². The normalized spacial score (nSPS) is 26.2. The van der Waals surface area contributed by atoms with Crippen LogP contribution in [0.25, 0.3) is 0 Å². The average Bonchev–Trinajstić information content (AvgIpc) is 3.59. The van der Waals surface area contributed by atoms with Crippen molar-refractivity contribution >= 4 is 29.3 Å². The number of rotatable bonds is 6. The van der Waals surface area contributed by atoms with Crippen molar-refractivity contribution in [3.05, 3.63) is 102 Å². The number of amides is 2. The molecule has 3 aliphatic rings. The molecule has 3 aromatic rings. The maximum atomic E-state index is 13.5. The number of esters is 1. The van der Waals surface area contributed by atoms with Crippen LogP contribution in [-0.4, -0.2) is 30.2 Å². The lowest BCUT2D eigenvalue weighted by atomic mass is 9.73. The van der Waals surface area contributed by atoms with E-state index in [0.717, 1.165) is 12.8 Å². The minimum absolute atomic E-state index is 0.132. The first-order valence-electron chi connectivity index (χ1n) is 12.3. The fourth-order valence-electron chi connectivity index (χ4n) is 6.47.